The van der Waals surface area contributed by atoms with E-state index in [9.17, 15) is 0 Å². The van der Waals surface area contributed by atoms with Gasteiger partial charge >= 0.3 is 0 Å². The van der Waals surface area contributed by atoms with E-state index in [4.69, 9.17) is 27.9 Å². The van der Waals surface area contributed by atoms with Gasteiger partial charge in [0.1, 0.15) is 12.4 Å². The van der Waals surface area contributed by atoms with Crippen molar-refractivity contribution < 1.29 is 4.74 Å². The molecule has 0 radical (unpaired) electrons. The molecule has 6 heteroatoms. The summed E-state index contributed by atoms with van der Waals surface area (Å²) in [6.07, 6.45) is 1.84. The van der Waals surface area contributed by atoms with E-state index in [0.717, 1.165) is 15.6 Å². The van der Waals surface area contributed by atoms with Gasteiger partial charge in [-0.1, -0.05) is 23.2 Å². The first kappa shape index (κ1) is 16.2. The van der Waals surface area contributed by atoms with E-state index in [2.05, 4.69) is 31.9 Å². The van der Waals surface area contributed by atoms with Crippen molar-refractivity contribution in [3.05, 3.63) is 31.6 Å². The summed E-state index contributed by atoms with van der Waals surface area (Å²) in [6, 6.07) is 3.54. The fraction of sp³-hybridized carbons (Fsp3) is 0.333. The van der Waals surface area contributed by atoms with Gasteiger partial charge in [-0.05, 0) is 44.9 Å². The summed E-state index contributed by atoms with van der Waals surface area (Å²) in [4.78, 5) is 1.99. The molecule has 1 rings (SSSR count). The smallest absolute Gasteiger partial charge is 0.122 e. The Labute approximate surface area is 134 Å². The lowest BCUT2D eigenvalue weighted by Crippen LogP contribution is -2.16. The molecular formula is C12H13Br2Cl2NO. The second kappa shape index (κ2) is 7.63. The van der Waals surface area contributed by atoms with Crippen molar-refractivity contribution in [3.8, 4) is 5.75 Å². The summed E-state index contributed by atoms with van der Waals surface area (Å²) in [5.74, 6) is 0.649. The molecule has 0 amide bonds. The van der Waals surface area contributed by atoms with Crippen LogP contribution in [-0.2, 0) is 0 Å². The minimum absolute atomic E-state index is 0.432. The Morgan fingerprint density at radius 2 is 1.89 bits per heavy atom. The largest absolute Gasteiger partial charge is 0.489 e. The minimum Gasteiger partial charge on any atom is -0.489 e. The summed E-state index contributed by atoms with van der Waals surface area (Å²) in [5, 5.41) is 1.17. The molecule has 1 aromatic rings. The lowest BCUT2D eigenvalue weighted by molar-refractivity contribution is 0.363. The Hall–Kier alpha value is 0.1000. The monoisotopic (exact) mass is 415 g/mol. The Kier molecular flexibility index (Phi) is 6.85. The average Bonchev–Trinajstić information content (AvgIpc) is 2.27. The van der Waals surface area contributed by atoms with Gasteiger partial charge in [0.25, 0.3) is 0 Å². The quantitative estimate of drug-likeness (QED) is 0.630. The molecule has 0 unspecified atom stereocenters. The molecule has 0 atom stereocenters. The zero-order valence-electron chi connectivity index (χ0n) is 10.0. The van der Waals surface area contributed by atoms with Crippen molar-refractivity contribution in [2.24, 2.45) is 0 Å². The van der Waals surface area contributed by atoms with Gasteiger partial charge in [0, 0.05) is 25.7 Å². The lowest BCUT2D eigenvalue weighted by Gasteiger charge is -2.20. The van der Waals surface area contributed by atoms with E-state index in [-0.39, 0.29) is 0 Å². The van der Waals surface area contributed by atoms with E-state index < -0.39 is 0 Å². The van der Waals surface area contributed by atoms with Gasteiger partial charge in [-0.3, -0.25) is 0 Å². The van der Waals surface area contributed by atoms with Crippen LogP contribution in [-0.4, -0.2) is 20.2 Å². The number of benzene rings is 1. The zero-order chi connectivity index (χ0) is 13.7. The highest BCUT2D eigenvalue weighted by Gasteiger charge is 2.12. The van der Waals surface area contributed by atoms with Crippen molar-refractivity contribution in [3.63, 3.8) is 0 Å². The van der Waals surface area contributed by atoms with Gasteiger partial charge in [-0.25, -0.2) is 0 Å². The van der Waals surface area contributed by atoms with Crippen molar-refractivity contribution in [1.82, 2.24) is 0 Å². The van der Waals surface area contributed by atoms with E-state index in [1.54, 1.807) is 12.1 Å². The maximum atomic E-state index is 6.21. The van der Waals surface area contributed by atoms with Crippen LogP contribution in [0.2, 0.25) is 10.0 Å². The topological polar surface area (TPSA) is 12.5 Å². The van der Waals surface area contributed by atoms with Crippen LogP contribution in [0.3, 0.4) is 0 Å². The van der Waals surface area contributed by atoms with E-state index in [0.29, 0.717) is 22.4 Å². The standard InChI is InChI=1S/C12H13Br2Cl2NO/c1-3-17(2)12-9(15)6-8(7-10(12)16)18-5-4-11(13)14/h4,6-7H,3,5H2,1-2H3. The number of hydrogen-bond donors (Lipinski definition) is 0. The van der Waals surface area contributed by atoms with E-state index in [1.165, 1.54) is 0 Å². The first-order chi connectivity index (χ1) is 8.45. The van der Waals surface area contributed by atoms with Crippen molar-refractivity contribution in [2.45, 2.75) is 6.92 Å². The van der Waals surface area contributed by atoms with Crippen LogP contribution in [0.5, 0.6) is 5.75 Å². The maximum absolute atomic E-state index is 6.21. The molecule has 0 aliphatic heterocycles. The maximum Gasteiger partial charge on any atom is 0.122 e. The van der Waals surface area contributed by atoms with Crippen molar-refractivity contribution in [2.75, 3.05) is 25.1 Å². The molecule has 0 N–H and O–H groups in total. The predicted molar refractivity (Wildman–Crippen MR) is 86.8 cm³/mol. The minimum atomic E-state index is 0.432. The van der Waals surface area contributed by atoms with Crippen LogP contribution >= 0.6 is 55.1 Å². The second-order valence-electron chi connectivity index (χ2n) is 3.55. The normalized spacial score (nSPS) is 10.1. The molecule has 0 saturated heterocycles. The van der Waals surface area contributed by atoms with Crippen LogP contribution in [0, 0.1) is 0 Å². The van der Waals surface area contributed by atoms with Gasteiger partial charge in [0.15, 0.2) is 0 Å². The molecule has 0 spiro atoms. The van der Waals surface area contributed by atoms with Gasteiger partial charge < -0.3 is 9.64 Å². The molecule has 0 saturated carbocycles. The second-order valence-corrected chi connectivity index (χ2v) is 7.14. The highest BCUT2D eigenvalue weighted by atomic mass is 79.9. The van der Waals surface area contributed by atoms with Crippen molar-refractivity contribution >= 4 is 60.7 Å². The molecule has 0 aliphatic rings. The molecule has 100 valence electrons. The molecule has 0 bridgehead atoms. The Morgan fingerprint density at radius 1 is 1.33 bits per heavy atom. The molecule has 18 heavy (non-hydrogen) atoms. The number of anilines is 1. The third-order valence-electron chi connectivity index (χ3n) is 2.33. The third kappa shape index (κ3) is 4.65. The van der Waals surface area contributed by atoms with Crippen LogP contribution in [0.1, 0.15) is 6.92 Å². The summed E-state index contributed by atoms with van der Waals surface area (Å²) in [7, 11) is 1.94. The summed E-state index contributed by atoms with van der Waals surface area (Å²) in [5.41, 5.74) is 0.824. The Bertz CT molecular complexity index is 425. The van der Waals surface area contributed by atoms with E-state index in [1.807, 2.05) is 24.9 Å². The molecule has 0 aliphatic carbocycles. The summed E-state index contributed by atoms with van der Waals surface area (Å²) >= 11 is 18.9. The fourth-order valence-electron chi connectivity index (χ4n) is 1.35. The molecule has 2 nitrogen and oxygen atoms in total. The molecule has 0 aromatic heterocycles. The highest BCUT2D eigenvalue weighted by Crippen LogP contribution is 2.36. The lowest BCUT2D eigenvalue weighted by atomic mass is 10.2. The van der Waals surface area contributed by atoms with Crippen LogP contribution in [0.15, 0.2) is 21.6 Å². The SMILES string of the molecule is CCN(C)c1c(Cl)cc(OCC=C(Br)Br)cc1Cl. The Morgan fingerprint density at radius 3 is 2.33 bits per heavy atom. The average molecular weight is 418 g/mol. The van der Waals surface area contributed by atoms with Crippen LogP contribution in [0.4, 0.5) is 5.69 Å². The summed E-state index contributed by atoms with van der Waals surface area (Å²) < 4.78 is 6.37. The van der Waals surface area contributed by atoms with Gasteiger partial charge in [-0.2, -0.15) is 0 Å². The number of ether oxygens (including phenoxy) is 1. The van der Waals surface area contributed by atoms with Crippen molar-refractivity contribution in [1.29, 1.82) is 0 Å². The molecule has 0 fully saturated rings. The highest BCUT2D eigenvalue weighted by molar-refractivity contribution is 9.28. The zero-order valence-corrected chi connectivity index (χ0v) is 14.7. The number of nitrogens with zero attached hydrogens (tertiary/aromatic N) is 1. The molecular weight excluding hydrogens is 405 g/mol. The number of halogens is 4. The molecule has 0 heterocycles. The molecule has 1 aromatic carbocycles. The Balaban J connectivity index is 2.89. The van der Waals surface area contributed by atoms with Gasteiger partial charge in [-0.15, -0.1) is 0 Å². The van der Waals surface area contributed by atoms with Crippen LogP contribution in [0.25, 0.3) is 0 Å². The van der Waals surface area contributed by atoms with E-state index >= 15 is 0 Å². The van der Waals surface area contributed by atoms with Gasteiger partial charge in [0.2, 0.25) is 0 Å². The first-order valence-electron chi connectivity index (χ1n) is 5.29. The number of hydrogen-bond acceptors (Lipinski definition) is 2. The van der Waals surface area contributed by atoms with Crippen LogP contribution < -0.4 is 9.64 Å². The first-order valence-corrected chi connectivity index (χ1v) is 7.64. The fourth-order valence-corrected chi connectivity index (χ4v) is 2.37. The van der Waals surface area contributed by atoms with Gasteiger partial charge in [0.05, 0.1) is 19.1 Å². The third-order valence-corrected chi connectivity index (χ3v) is 3.56. The predicted octanol–water partition coefficient (Wildman–Crippen LogP) is 5.46. The number of rotatable bonds is 5. The summed E-state index contributed by atoms with van der Waals surface area (Å²) in [6.45, 7) is 3.30.